The zero-order valence-corrected chi connectivity index (χ0v) is 13.4. The van der Waals surface area contributed by atoms with Gasteiger partial charge in [0.15, 0.2) is 11.6 Å². The number of unbranched alkanes of at least 4 members (excludes halogenated alkanes) is 1. The Morgan fingerprint density at radius 2 is 2.00 bits per heavy atom. The molecule has 1 atom stereocenters. The van der Waals surface area contributed by atoms with Gasteiger partial charge in [0.2, 0.25) is 5.95 Å². The van der Waals surface area contributed by atoms with Crippen molar-refractivity contribution >= 4 is 0 Å². The second-order valence-electron chi connectivity index (χ2n) is 5.34. The van der Waals surface area contributed by atoms with E-state index in [2.05, 4.69) is 4.98 Å². The number of benzene rings is 1. The molecule has 2 aromatic rings. The van der Waals surface area contributed by atoms with Crippen LogP contribution in [0.1, 0.15) is 42.5 Å². The summed E-state index contributed by atoms with van der Waals surface area (Å²) in [5.41, 5.74) is -0.367. The Kier molecular flexibility index (Phi) is 5.80. The van der Waals surface area contributed by atoms with Crippen LogP contribution in [0.25, 0.3) is 0 Å². The Morgan fingerprint density at radius 1 is 1.25 bits per heavy atom. The van der Waals surface area contributed by atoms with Crippen LogP contribution in [0, 0.1) is 28.9 Å². The maximum absolute atomic E-state index is 14.7. The van der Waals surface area contributed by atoms with Crippen molar-refractivity contribution in [2.75, 3.05) is 7.11 Å². The molecule has 0 aliphatic rings. The fourth-order valence-electron chi connectivity index (χ4n) is 2.46. The molecule has 0 bridgehead atoms. The van der Waals surface area contributed by atoms with Crippen molar-refractivity contribution in [1.82, 2.24) is 4.98 Å². The van der Waals surface area contributed by atoms with Gasteiger partial charge in [0.25, 0.3) is 0 Å². The number of halogens is 3. The van der Waals surface area contributed by atoms with Crippen LogP contribution < -0.4 is 4.74 Å². The average Bonchev–Trinajstić information content (AvgIpc) is 2.60. The third-order valence-corrected chi connectivity index (χ3v) is 3.76. The van der Waals surface area contributed by atoms with Crippen molar-refractivity contribution in [3.05, 3.63) is 58.7 Å². The monoisotopic (exact) mass is 334 g/mol. The maximum Gasteiger partial charge on any atom is 0.249 e. The third kappa shape index (κ3) is 3.51. The number of nitrogens with zero attached hydrogens (tertiary/aromatic N) is 2. The van der Waals surface area contributed by atoms with Gasteiger partial charge in [0.05, 0.1) is 13.2 Å². The van der Waals surface area contributed by atoms with Crippen LogP contribution in [0.4, 0.5) is 13.2 Å². The molecule has 0 aliphatic heterocycles. The Hall–Kier alpha value is -2.55. The average molecular weight is 334 g/mol. The number of hydrogen-bond donors (Lipinski definition) is 0. The summed E-state index contributed by atoms with van der Waals surface area (Å²) in [7, 11) is 1.46. The number of ether oxygens (including phenoxy) is 1. The molecular weight excluding hydrogens is 317 g/mol. The van der Waals surface area contributed by atoms with Crippen molar-refractivity contribution in [2.24, 2.45) is 0 Å². The van der Waals surface area contributed by atoms with Crippen LogP contribution in [0.15, 0.2) is 24.3 Å². The number of pyridine rings is 1. The minimum Gasteiger partial charge on any atom is -0.497 e. The minimum absolute atomic E-state index is 0.0524. The summed E-state index contributed by atoms with van der Waals surface area (Å²) in [6, 6.07) is 8.34. The molecule has 6 heteroatoms. The molecule has 0 fully saturated rings. The van der Waals surface area contributed by atoms with E-state index in [1.54, 1.807) is 24.3 Å². The SMILES string of the molecule is CCCCc1c(F)c(F)nc(C(C#N)c2cccc(OC)c2)c1F. The van der Waals surface area contributed by atoms with Gasteiger partial charge in [-0.2, -0.15) is 9.65 Å². The van der Waals surface area contributed by atoms with Crippen LogP contribution in [0.2, 0.25) is 0 Å². The van der Waals surface area contributed by atoms with Crippen molar-refractivity contribution in [2.45, 2.75) is 32.1 Å². The molecule has 0 aliphatic carbocycles. The van der Waals surface area contributed by atoms with Gasteiger partial charge in [0, 0.05) is 5.56 Å². The predicted octanol–water partition coefficient (Wildman–Crippen LogP) is 4.51. The van der Waals surface area contributed by atoms with Crippen molar-refractivity contribution in [3.8, 4) is 11.8 Å². The van der Waals surface area contributed by atoms with Gasteiger partial charge in [-0.1, -0.05) is 25.5 Å². The molecular formula is C18H17F3N2O. The first kappa shape index (κ1) is 17.8. The van der Waals surface area contributed by atoms with Crippen LogP contribution in [0.3, 0.4) is 0 Å². The highest BCUT2D eigenvalue weighted by Crippen LogP contribution is 2.30. The number of aromatic nitrogens is 1. The Labute approximate surface area is 138 Å². The quantitative estimate of drug-likeness (QED) is 0.730. The molecule has 0 spiro atoms. The lowest BCUT2D eigenvalue weighted by molar-refractivity contribution is 0.414. The van der Waals surface area contributed by atoms with E-state index >= 15 is 0 Å². The topological polar surface area (TPSA) is 45.9 Å². The van der Waals surface area contributed by atoms with E-state index in [-0.39, 0.29) is 12.0 Å². The summed E-state index contributed by atoms with van der Waals surface area (Å²) in [6.45, 7) is 1.86. The predicted molar refractivity (Wildman–Crippen MR) is 83.2 cm³/mol. The van der Waals surface area contributed by atoms with Gasteiger partial charge in [-0.3, -0.25) is 0 Å². The lowest BCUT2D eigenvalue weighted by atomic mass is 9.94. The van der Waals surface area contributed by atoms with E-state index in [9.17, 15) is 18.4 Å². The van der Waals surface area contributed by atoms with Gasteiger partial charge in [-0.25, -0.2) is 13.8 Å². The summed E-state index contributed by atoms with van der Waals surface area (Å²) in [4.78, 5) is 3.36. The van der Waals surface area contributed by atoms with E-state index in [4.69, 9.17) is 4.74 Å². The molecule has 0 saturated heterocycles. The molecule has 1 aromatic carbocycles. The lowest BCUT2D eigenvalue weighted by Crippen LogP contribution is -2.12. The van der Waals surface area contributed by atoms with E-state index in [0.717, 1.165) is 0 Å². The molecule has 1 unspecified atom stereocenters. The lowest BCUT2D eigenvalue weighted by Gasteiger charge is -2.14. The second kappa shape index (κ2) is 7.82. The number of methoxy groups -OCH3 is 1. The molecule has 0 radical (unpaired) electrons. The standard InChI is InChI=1S/C18H17F3N2O/c1-3-4-8-13-15(19)17(23-18(21)16(13)20)14(10-22)11-6-5-7-12(9-11)24-2/h5-7,9,14H,3-4,8H2,1-2H3. The molecule has 1 heterocycles. The first-order chi connectivity index (χ1) is 11.5. The molecule has 2 rings (SSSR count). The highest BCUT2D eigenvalue weighted by Gasteiger charge is 2.26. The van der Waals surface area contributed by atoms with Gasteiger partial charge < -0.3 is 4.74 Å². The van der Waals surface area contributed by atoms with Gasteiger partial charge >= 0.3 is 0 Å². The van der Waals surface area contributed by atoms with Gasteiger partial charge in [-0.15, -0.1) is 0 Å². The summed E-state index contributed by atoms with van der Waals surface area (Å²) < 4.78 is 47.5. The fraction of sp³-hybridized carbons (Fsp3) is 0.333. The number of hydrogen-bond acceptors (Lipinski definition) is 3. The Bertz CT molecular complexity index is 772. The summed E-state index contributed by atoms with van der Waals surface area (Å²) in [5.74, 6) is -4.32. The second-order valence-corrected chi connectivity index (χ2v) is 5.34. The van der Waals surface area contributed by atoms with Crippen LogP contribution in [0.5, 0.6) is 5.75 Å². The highest BCUT2D eigenvalue weighted by atomic mass is 19.2. The van der Waals surface area contributed by atoms with Crippen LogP contribution in [-0.4, -0.2) is 12.1 Å². The van der Waals surface area contributed by atoms with Crippen molar-refractivity contribution in [1.29, 1.82) is 5.26 Å². The molecule has 0 N–H and O–H groups in total. The molecule has 0 saturated carbocycles. The molecule has 126 valence electrons. The van der Waals surface area contributed by atoms with Crippen molar-refractivity contribution in [3.63, 3.8) is 0 Å². The summed E-state index contributed by atoms with van der Waals surface area (Å²) in [6.07, 6.45) is 1.26. The van der Waals surface area contributed by atoms with E-state index in [1.807, 2.05) is 13.0 Å². The van der Waals surface area contributed by atoms with E-state index in [1.165, 1.54) is 7.11 Å². The Morgan fingerprint density at radius 3 is 2.62 bits per heavy atom. The molecule has 3 nitrogen and oxygen atoms in total. The first-order valence-electron chi connectivity index (χ1n) is 7.60. The van der Waals surface area contributed by atoms with Gasteiger partial charge in [0.1, 0.15) is 17.4 Å². The largest absolute Gasteiger partial charge is 0.497 e. The highest BCUT2D eigenvalue weighted by molar-refractivity contribution is 5.41. The molecule has 1 aromatic heterocycles. The number of rotatable bonds is 6. The van der Waals surface area contributed by atoms with E-state index in [0.29, 0.717) is 24.2 Å². The number of nitriles is 1. The summed E-state index contributed by atoms with van der Waals surface area (Å²) >= 11 is 0. The fourth-order valence-corrected chi connectivity index (χ4v) is 2.46. The summed E-state index contributed by atoms with van der Waals surface area (Å²) in [5, 5.41) is 9.43. The normalized spacial score (nSPS) is 11.8. The Balaban J connectivity index is 2.56. The van der Waals surface area contributed by atoms with Crippen molar-refractivity contribution < 1.29 is 17.9 Å². The first-order valence-corrected chi connectivity index (χ1v) is 7.60. The van der Waals surface area contributed by atoms with Gasteiger partial charge in [-0.05, 0) is 30.5 Å². The zero-order valence-electron chi connectivity index (χ0n) is 13.4. The minimum atomic E-state index is -1.39. The van der Waals surface area contributed by atoms with Crippen LogP contribution in [-0.2, 0) is 6.42 Å². The van der Waals surface area contributed by atoms with E-state index < -0.39 is 29.2 Å². The molecule has 24 heavy (non-hydrogen) atoms. The maximum atomic E-state index is 14.7. The zero-order chi connectivity index (χ0) is 17.7. The van der Waals surface area contributed by atoms with Crippen LogP contribution >= 0.6 is 0 Å². The smallest absolute Gasteiger partial charge is 0.249 e. The third-order valence-electron chi connectivity index (χ3n) is 3.76. The molecule has 0 amide bonds.